The molecule has 2 rings (SSSR count). The van der Waals surface area contributed by atoms with Gasteiger partial charge in [-0.3, -0.25) is 13.9 Å². The Morgan fingerprint density at radius 3 is 2.38 bits per heavy atom. The van der Waals surface area contributed by atoms with E-state index in [4.69, 9.17) is 4.74 Å². The first-order valence-electron chi connectivity index (χ1n) is 12.3. The molecule has 0 spiro atoms. The van der Waals surface area contributed by atoms with Crippen molar-refractivity contribution >= 4 is 43.5 Å². The molecule has 204 valence electrons. The van der Waals surface area contributed by atoms with Gasteiger partial charge in [0.25, 0.3) is 0 Å². The van der Waals surface area contributed by atoms with Gasteiger partial charge >= 0.3 is 0 Å². The minimum atomic E-state index is -3.62. The number of para-hydroxylation sites is 2. The van der Waals surface area contributed by atoms with Crippen LogP contribution in [0.5, 0.6) is 5.75 Å². The Morgan fingerprint density at radius 2 is 1.78 bits per heavy atom. The number of ether oxygens (including phenoxy) is 1. The molecule has 0 aromatic heterocycles. The molecule has 0 aliphatic heterocycles. The summed E-state index contributed by atoms with van der Waals surface area (Å²) >= 11 is 3.45. The fourth-order valence-electron chi connectivity index (χ4n) is 3.81. The van der Waals surface area contributed by atoms with Gasteiger partial charge in [0.2, 0.25) is 21.8 Å². The molecule has 0 aliphatic carbocycles. The van der Waals surface area contributed by atoms with Crippen molar-refractivity contribution in [1.82, 2.24) is 10.2 Å². The zero-order valence-electron chi connectivity index (χ0n) is 22.5. The van der Waals surface area contributed by atoms with Crippen LogP contribution < -0.4 is 14.4 Å². The average Bonchev–Trinajstić information content (AvgIpc) is 2.78. The highest BCUT2D eigenvalue weighted by molar-refractivity contribution is 9.10. The molecule has 37 heavy (non-hydrogen) atoms. The molecule has 0 saturated carbocycles. The largest absolute Gasteiger partial charge is 0.492 e. The summed E-state index contributed by atoms with van der Waals surface area (Å²) in [5.74, 6) is -0.0205. The SMILES string of the molecule is CCOc1ccccc1N(CCCC(=O)N(Cc1cccc(Br)c1)[C@@H](C)C(=O)NC(C)(C)C)S(C)(=O)=O. The van der Waals surface area contributed by atoms with E-state index in [0.717, 1.165) is 16.3 Å². The van der Waals surface area contributed by atoms with Crippen LogP contribution in [-0.4, -0.2) is 56.1 Å². The van der Waals surface area contributed by atoms with Gasteiger partial charge in [-0.05, 0) is 70.9 Å². The lowest BCUT2D eigenvalue weighted by molar-refractivity contribution is -0.141. The molecule has 0 saturated heterocycles. The van der Waals surface area contributed by atoms with Gasteiger partial charge in [-0.25, -0.2) is 8.42 Å². The maximum atomic E-state index is 13.4. The van der Waals surface area contributed by atoms with E-state index in [1.165, 1.54) is 4.31 Å². The molecule has 0 heterocycles. The van der Waals surface area contributed by atoms with Crippen LogP contribution in [0.2, 0.25) is 0 Å². The Labute approximate surface area is 229 Å². The maximum absolute atomic E-state index is 13.4. The Bertz CT molecular complexity index is 1180. The molecule has 1 N–H and O–H groups in total. The van der Waals surface area contributed by atoms with Gasteiger partial charge in [0.1, 0.15) is 11.8 Å². The van der Waals surface area contributed by atoms with Crippen LogP contribution in [0, 0.1) is 0 Å². The lowest BCUT2D eigenvalue weighted by atomic mass is 10.1. The van der Waals surface area contributed by atoms with Gasteiger partial charge in [0.05, 0.1) is 18.6 Å². The third-order valence-electron chi connectivity index (χ3n) is 5.49. The fourth-order valence-corrected chi connectivity index (χ4v) is 5.23. The Kier molecular flexibility index (Phi) is 11.0. The van der Waals surface area contributed by atoms with Crippen LogP contribution in [0.4, 0.5) is 5.69 Å². The number of nitrogens with zero attached hydrogens (tertiary/aromatic N) is 2. The predicted octanol–water partition coefficient (Wildman–Crippen LogP) is 4.73. The second-order valence-electron chi connectivity index (χ2n) is 9.91. The van der Waals surface area contributed by atoms with Crippen molar-refractivity contribution in [1.29, 1.82) is 0 Å². The molecule has 0 radical (unpaired) electrons. The zero-order valence-corrected chi connectivity index (χ0v) is 24.9. The van der Waals surface area contributed by atoms with Crippen molar-refractivity contribution in [2.75, 3.05) is 23.7 Å². The summed E-state index contributed by atoms with van der Waals surface area (Å²) < 4.78 is 33.0. The highest BCUT2D eigenvalue weighted by Gasteiger charge is 2.29. The summed E-state index contributed by atoms with van der Waals surface area (Å²) in [5.41, 5.74) is 0.865. The molecule has 2 aromatic carbocycles. The van der Waals surface area contributed by atoms with Gasteiger partial charge in [-0.1, -0.05) is 40.2 Å². The summed E-state index contributed by atoms with van der Waals surface area (Å²) in [6.07, 6.45) is 1.48. The first-order chi connectivity index (χ1) is 17.2. The number of nitrogens with one attached hydrogen (secondary N) is 1. The zero-order chi connectivity index (χ0) is 27.8. The number of carbonyl (C=O) groups is 2. The van der Waals surface area contributed by atoms with Crippen LogP contribution in [0.25, 0.3) is 0 Å². The number of hydrogen-bond donors (Lipinski definition) is 1. The van der Waals surface area contributed by atoms with Crippen LogP contribution in [-0.2, 0) is 26.2 Å². The van der Waals surface area contributed by atoms with Gasteiger partial charge < -0.3 is 15.0 Å². The summed E-state index contributed by atoms with van der Waals surface area (Å²) in [6, 6.07) is 13.8. The van der Waals surface area contributed by atoms with Gasteiger partial charge in [0.15, 0.2) is 0 Å². The molecular formula is C27H38BrN3O5S. The molecule has 0 bridgehead atoms. The molecule has 8 nitrogen and oxygen atoms in total. The predicted molar refractivity (Wildman–Crippen MR) is 151 cm³/mol. The smallest absolute Gasteiger partial charge is 0.242 e. The standard InChI is InChI=1S/C27H38BrN3O5S/c1-7-36-24-15-9-8-14-23(24)31(37(6,34)35)17-11-16-25(32)30(19-21-12-10-13-22(28)18-21)20(2)26(33)29-27(3,4)5/h8-10,12-15,18,20H,7,11,16-17,19H2,1-6H3,(H,29,33)/t20-/m0/s1. The maximum Gasteiger partial charge on any atom is 0.242 e. The van der Waals surface area contributed by atoms with Crippen LogP contribution in [0.3, 0.4) is 0 Å². The third kappa shape index (κ3) is 9.66. The number of hydrogen-bond acceptors (Lipinski definition) is 5. The summed E-state index contributed by atoms with van der Waals surface area (Å²) in [7, 11) is -3.62. The lowest BCUT2D eigenvalue weighted by Gasteiger charge is -2.32. The van der Waals surface area contributed by atoms with Crippen molar-refractivity contribution in [3.63, 3.8) is 0 Å². The van der Waals surface area contributed by atoms with E-state index < -0.39 is 21.6 Å². The highest BCUT2D eigenvalue weighted by Crippen LogP contribution is 2.30. The molecule has 10 heteroatoms. The normalized spacial score (nSPS) is 12.5. The quantitative estimate of drug-likeness (QED) is 0.383. The third-order valence-corrected chi connectivity index (χ3v) is 7.17. The van der Waals surface area contributed by atoms with Crippen molar-refractivity contribution in [3.05, 3.63) is 58.6 Å². The molecule has 0 unspecified atom stereocenters. The molecular weight excluding hydrogens is 558 g/mol. The van der Waals surface area contributed by atoms with Crippen molar-refractivity contribution < 1.29 is 22.7 Å². The van der Waals surface area contributed by atoms with E-state index >= 15 is 0 Å². The van der Waals surface area contributed by atoms with Gasteiger partial charge in [-0.15, -0.1) is 0 Å². The van der Waals surface area contributed by atoms with Gasteiger partial charge in [0, 0.05) is 29.5 Å². The van der Waals surface area contributed by atoms with E-state index in [0.29, 0.717) is 18.0 Å². The number of benzene rings is 2. The monoisotopic (exact) mass is 595 g/mol. The van der Waals surface area contributed by atoms with E-state index in [9.17, 15) is 18.0 Å². The topological polar surface area (TPSA) is 96.0 Å². The molecule has 2 aromatic rings. The van der Waals surface area contributed by atoms with Gasteiger partial charge in [-0.2, -0.15) is 0 Å². The number of amides is 2. The number of anilines is 1. The van der Waals surface area contributed by atoms with Crippen LogP contribution in [0.15, 0.2) is 53.0 Å². The second kappa shape index (κ2) is 13.3. The Hall–Kier alpha value is -2.59. The van der Waals surface area contributed by atoms with E-state index in [1.807, 2.05) is 52.0 Å². The Balaban J connectivity index is 2.23. The molecule has 0 aliphatic rings. The number of halogens is 1. The number of carbonyl (C=O) groups excluding carboxylic acids is 2. The van der Waals surface area contributed by atoms with Crippen molar-refractivity contribution in [2.45, 2.75) is 65.6 Å². The summed E-state index contributed by atoms with van der Waals surface area (Å²) in [4.78, 5) is 27.9. The summed E-state index contributed by atoms with van der Waals surface area (Å²) in [6.45, 7) is 9.94. The van der Waals surface area contributed by atoms with Crippen LogP contribution in [0.1, 0.15) is 53.0 Å². The van der Waals surface area contributed by atoms with E-state index in [2.05, 4.69) is 21.2 Å². The first-order valence-corrected chi connectivity index (χ1v) is 14.9. The number of rotatable bonds is 12. The average molecular weight is 597 g/mol. The molecule has 0 fully saturated rings. The van der Waals surface area contributed by atoms with Crippen LogP contribution >= 0.6 is 15.9 Å². The fraction of sp³-hybridized carbons (Fsp3) is 0.481. The molecule has 2 amide bonds. The highest BCUT2D eigenvalue weighted by atomic mass is 79.9. The van der Waals surface area contributed by atoms with Crippen molar-refractivity contribution in [2.24, 2.45) is 0 Å². The molecule has 1 atom stereocenters. The lowest BCUT2D eigenvalue weighted by Crippen LogP contribution is -2.52. The first kappa shape index (κ1) is 30.6. The second-order valence-corrected chi connectivity index (χ2v) is 12.7. The van der Waals surface area contributed by atoms with Crippen molar-refractivity contribution in [3.8, 4) is 5.75 Å². The number of sulfonamides is 1. The minimum Gasteiger partial charge on any atom is -0.492 e. The Morgan fingerprint density at radius 1 is 1.11 bits per heavy atom. The minimum absolute atomic E-state index is 0.0734. The summed E-state index contributed by atoms with van der Waals surface area (Å²) in [5, 5.41) is 2.94. The van der Waals surface area contributed by atoms with E-state index in [-0.39, 0.29) is 37.7 Å². The van der Waals surface area contributed by atoms with E-state index in [1.54, 1.807) is 36.1 Å².